The number of hydrogen-bond acceptors (Lipinski definition) is 2. The molecule has 12 aromatic rings. The fourth-order valence-corrected chi connectivity index (χ4v) is 13.0. The van der Waals surface area contributed by atoms with Crippen LogP contribution in [0.4, 0.5) is 42.9 Å². The van der Waals surface area contributed by atoms with Crippen molar-refractivity contribution in [1.29, 1.82) is 0 Å². The lowest BCUT2D eigenvalue weighted by Crippen LogP contribution is -2.16. The van der Waals surface area contributed by atoms with Crippen LogP contribution in [0.15, 0.2) is 231 Å². The third kappa shape index (κ3) is 9.79. The topological polar surface area (TPSA) is 6.48 Å². The Morgan fingerprint density at radius 1 is 0.250 bits per heavy atom. The second-order valence-corrected chi connectivity index (χ2v) is 26.8. The van der Waals surface area contributed by atoms with E-state index in [9.17, 15) is 0 Å². The Bertz CT molecular complexity index is 4150. The molecule has 0 amide bonds. The summed E-state index contributed by atoms with van der Waals surface area (Å²) in [5, 5.41) is 6.11. The molecule has 0 saturated carbocycles. The normalized spacial score (nSPS) is 12.4. The van der Waals surface area contributed by atoms with Gasteiger partial charge in [0.2, 0.25) is 0 Å². The Morgan fingerprint density at radius 2 is 0.524 bits per heavy atom. The lowest BCUT2D eigenvalue weighted by atomic mass is 9.77. The van der Waals surface area contributed by atoms with Crippen molar-refractivity contribution in [1.82, 2.24) is 0 Å². The van der Waals surface area contributed by atoms with Gasteiger partial charge in [-0.2, -0.15) is 0 Å². The van der Waals surface area contributed by atoms with E-state index in [4.69, 9.17) is 0 Å². The highest BCUT2D eigenvalue weighted by atomic mass is 19.1. The van der Waals surface area contributed by atoms with Crippen LogP contribution < -0.4 is 9.80 Å². The van der Waals surface area contributed by atoms with Crippen LogP contribution in [-0.2, 0) is 21.7 Å². The molecule has 2 nitrogen and oxygen atoms in total. The van der Waals surface area contributed by atoms with Gasteiger partial charge in [-0.05, 0) is 147 Å². The van der Waals surface area contributed by atoms with E-state index in [0.717, 1.165) is 111 Å². The molecule has 84 heavy (non-hydrogen) atoms. The number of hydrogen-bond donors (Lipinski definition) is 0. The molecule has 0 aliphatic carbocycles. The summed E-state index contributed by atoms with van der Waals surface area (Å²) in [5.41, 5.74) is 14.3. The first-order valence-corrected chi connectivity index (χ1v) is 29.6. The van der Waals surface area contributed by atoms with Crippen molar-refractivity contribution in [3.63, 3.8) is 0 Å². The van der Waals surface area contributed by atoms with Crippen LogP contribution in [0.25, 0.3) is 76.8 Å². The summed E-state index contributed by atoms with van der Waals surface area (Å²) in [4.78, 5) is 4.21. The molecule has 0 saturated heterocycles. The summed E-state index contributed by atoms with van der Waals surface area (Å²) in [7, 11) is 0. The summed E-state index contributed by atoms with van der Waals surface area (Å²) in [6, 6.07) is 79.5. The summed E-state index contributed by atoms with van der Waals surface area (Å²) < 4.78 is 38.3. The summed E-state index contributed by atoms with van der Waals surface area (Å²) in [6.45, 7) is 26.5. The minimum atomic E-state index is -0.303. The minimum Gasteiger partial charge on any atom is -0.307 e. The summed E-state index contributed by atoms with van der Waals surface area (Å²) in [5.74, 6) is -0.606. The van der Waals surface area contributed by atoms with Gasteiger partial charge in [0.1, 0.15) is 0 Å². The second-order valence-electron chi connectivity index (χ2n) is 26.8. The molecule has 0 fully saturated rings. The van der Waals surface area contributed by atoms with Crippen molar-refractivity contribution in [2.45, 2.75) is 105 Å². The molecule has 0 spiro atoms. The van der Waals surface area contributed by atoms with Crippen molar-refractivity contribution in [2.24, 2.45) is 0 Å². The SMILES string of the molecule is CC(C)(C)c1ccccc1-c1ccc(N(c2ccccc2)c2ccc3ccc4c(N(c5ccccc5)c5ccc(-c6ccccc6C(C)(C)C)c(-c6ccccc6C(C)(C)C)c5F)ccc5ccc2c3c54)c(F)c1-c1ccccc1C(C)(C)C. The van der Waals surface area contributed by atoms with Crippen molar-refractivity contribution in [3.05, 3.63) is 264 Å². The molecule has 0 aliphatic rings. The first-order valence-electron chi connectivity index (χ1n) is 29.6. The smallest absolute Gasteiger partial charge is 0.155 e. The lowest BCUT2D eigenvalue weighted by molar-refractivity contribution is 0.589. The average molecular weight is 1100 g/mol. The summed E-state index contributed by atoms with van der Waals surface area (Å²) >= 11 is 0. The fourth-order valence-electron chi connectivity index (χ4n) is 13.0. The number of halogens is 2. The summed E-state index contributed by atoms with van der Waals surface area (Å²) in [6.07, 6.45) is 0. The predicted octanol–water partition coefficient (Wildman–Crippen LogP) is 23.7. The molecule has 0 unspecified atom stereocenters. The minimum absolute atomic E-state index is 0.207. The first kappa shape index (κ1) is 55.7. The van der Waals surface area contributed by atoms with Crippen LogP contribution >= 0.6 is 0 Å². The Labute approximate surface area is 496 Å². The number of rotatable bonds is 10. The molecule has 0 aromatic heterocycles. The third-order valence-electron chi connectivity index (χ3n) is 16.9. The highest BCUT2D eigenvalue weighted by Crippen LogP contribution is 2.53. The van der Waals surface area contributed by atoms with Gasteiger partial charge in [0.05, 0.1) is 22.7 Å². The maximum Gasteiger partial charge on any atom is 0.155 e. The van der Waals surface area contributed by atoms with Crippen LogP contribution in [0.3, 0.4) is 0 Å². The number of para-hydroxylation sites is 2. The van der Waals surface area contributed by atoms with E-state index < -0.39 is 0 Å². The molecule has 0 radical (unpaired) electrons. The maximum atomic E-state index is 19.1. The van der Waals surface area contributed by atoms with E-state index in [0.29, 0.717) is 22.5 Å². The highest BCUT2D eigenvalue weighted by Gasteiger charge is 2.33. The number of nitrogens with zero attached hydrogens (tertiary/aromatic N) is 2. The molecular weight excluding hydrogens is 1030 g/mol. The Balaban J connectivity index is 1.12. The Morgan fingerprint density at radius 3 is 0.857 bits per heavy atom. The van der Waals surface area contributed by atoms with E-state index in [1.54, 1.807) is 0 Å². The van der Waals surface area contributed by atoms with Gasteiger partial charge >= 0.3 is 0 Å². The van der Waals surface area contributed by atoms with E-state index >= 15 is 8.78 Å². The average Bonchev–Trinajstić information content (AvgIpc) is 0.898. The van der Waals surface area contributed by atoms with Gasteiger partial charge in [-0.3, -0.25) is 0 Å². The second kappa shape index (κ2) is 21.1. The molecule has 12 aromatic carbocycles. The molecule has 0 aliphatic heterocycles. The maximum absolute atomic E-state index is 19.1. The zero-order valence-corrected chi connectivity index (χ0v) is 50.6. The van der Waals surface area contributed by atoms with Gasteiger partial charge in [-0.15, -0.1) is 0 Å². The van der Waals surface area contributed by atoms with Gasteiger partial charge in [0, 0.05) is 33.3 Å². The van der Waals surface area contributed by atoms with Crippen LogP contribution in [0.5, 0.6) is 0 Å². The molecule has 0 N–H and O–H groups in total. The molecule has 0 bridgehead atoms. The van der Waals surface area contributed by atoms with Crippen molar-refractivity contribution >= 4 is 66.4 Å². The van der Waals surface area contributed by atoms with E-state index in [2.05, 4.69) is 263 Å². The predicted molar refractivity (Wildman–Crippen MR) is 356 cm³/mol. The fraction of sp³-hybridized carbons (Fsp3) is 0.200. The van der Waals surface area contributed by atoms with Crippen molar-refractivity contribution in [3.8, 4) is 44.5 Å². The highest BCUT2D eigenvalue weighted by molar-refractivity contribution is 6.28. The van der Waals surface area contributed by atoms with Crippen LogP contribution in [-0.4, -0.2) is 0 Å². The molecule has 418 valence electrons. The first-order chi connectivity index (χ1) is 40.1. The van der Waals surface area contributed by atoms with Crippen LogP contribution in [0.2, 0.25) is 0 Å². The quantitative estimate of drug-likeness (QED) is 0.126. The Kier molecular flexibility index (Phi) is 14.0. The monoisotopic (exact) mass is 1100 g/mol. The van der Waals surface area contributed by atoms with Gasteiger partial charge in [-0.1, -0.05) is 265 Å². The van der Waals surface area contributed by atoms with E-state index in [1.807, 2.05) is 60.7 Å². The Hall–Kier alpha value is -8.86. The van der Waals surface area contributed by atoms with E-state index in [-0.39, 0.29) is 33.3 Å². The van der Waals surface area contributed by atoms with Crippen molar-refractivity contribution in [2.75, 3.05) is 9.80 Å². The van der Waals surface area contributed by atoms with Gasteiger partial charge in [-0.25, -0.2) is 8.78 Å². The third-order valence-corrected chi connectivity index (χ3v) is 16.9. The molecule has 12 rings (SSSR count). The molecular formula is C80H74F2N2. The zero-order valence-electron chi connectivity index (χ0n) is 50.6. The molecule has 0 atom stereocenters. The molecule has 4 heteroatoms. The van der Waals surface area contributed by atoms with Crippen molar-refractivity contribution < 1.29 is 8.78 Å². The molecule has 0 heterocycles. The van der Waals surface area contributed by atoms with Gasteiger partial charge < -0.3 is 9.80 Å². The number of anilines is 6. The largest absolute Gasteiger partial charge is 0.307 e. The van der Waals surface area contributed by atoms with Crippen LogP contribution in [0, 0.1) is 11.6 Å². The number of benzene rings is 12. The zero-order chi connectivity index (χ0) is 59.0. The van der Waals surface area contributed by atoms with Gasteiger partial charge in [0.25, 0.3) is 0 Å². The standard InChI is InChI=1S/C80H74F2N2/c1-77(2,3)63-35-23-19-31-55(63)57-45-49-69(75(81)73(57)59-33-21-25-37-65(59)79(7,8)9)83(53-27-15-13-16-28-53)67-47-41-51-40-44-62-68(48-42-52-39-43-61(67)71(51)72(52)62)84(54-29-17-14-18-30-54)70-50-46-58(56-32-20-24-36-64(56)78(4,5)6)74(76(70)82)60-34-22-26-38-66(60)80(10,11)12/h13-50H,1-12H3. The van der Waals surface area contributed by atoms with E-state index in [1.165, 1.54) is 0 Å². The van der Waals surface area contributed by atoms with Crippen LogP contribution in [0.1, 0.15) is 105 Å². The lowest BCUT2D eigenvalue weighted by Gasteiger charge is -2.32. The van der Waals surface area contributed by atoms with Gasteiger partial charge in [0.15, 0.2) is 11.6 Å².